The summed E-state index contributed by atoms with van der Waals surface area (Å²) in [6, 6.07) is 10.9. The van der Waals surface area contributed by atoms with Gasteiger partial charge < -0.3 is 13.7 Å². The summed E-state index contributed by atoms with van der Waals surface area (Å²) in [6.45, 7) is 1.86. The third-order valence-corrected chi connectivity index (χ3v) is 5.63. The lowest BCUT2D eigenvalue weighted by atomic mass is 10.2. The van der Waals surface area contributed by atoms with Crippen LogP contribution in [0.2, 0.25) is 0 Å². The normalized spacial score (nSPS) is 10.9. The van der Waals surface area contributed by atoms with Crippen LogP contribution in [0.3, 0.4) is 0 Å². The molecule has 28 heavy (non-hydrogen) atoms. The molecule has 7 nitrogen and oxygen atoms in total. The van der Waals surface area contributed by atoms with E-state index < -0.39 is 5.97 Å². The number of hydrogen-bond acceptors (Lipinski definition) is 9. The molecule has 142 valence electrons. The minimum atomic E-state index is -0.405. The zero-order chi connectivity index (χ0) is 19.3. The zero-order valence-electron chi connectivity index (χ0n) is 14.8. The first-order valence-electron chi connectivity index (χ1n) is 8.35. The lowest BCUT2D eigenvalue weighted by Gasteiger charge is -2.07. The highest BCUT2D eigenvalue weighted by Crippen LogP contribution is 2.27. The standard InChI is InChI=1S/C19H15N3O4S2/c1-12-20-17(26-22-12)11-27-16-7-3-2-5-14(16)19(23)25-9-13-10-28-18(21-13)15-6-4-8-24-15/h2-8,10H,9,11H2,1H3. The summed E-state index contributed by atoms with van der Waals surface area (Å²) < 4.78 is 15.9. The largest absolute Gasteiger partial charge is 0.462 e. The Kier molecular flexibility index (Phi) is 5.54. The number of aryl methyl sites for hydroxylation is 1. The molecule has 0 aliphatic carbocycles. The minimum absolute atomic E-state index is 0.0951. The second kappa shape index (κ2) is 8.41. The van der Waals surface area contributed by atoms with Crippen molar-refractivity contribution in [3.63, 3.8) is 0 Å². The lowest BCUT2D eigenvalue weighted by Crippen LogP contribution is -2.07. The predicted molar refractivity (Wildman–Crippen MR) is 104 cm³/mol. The molecule has 4 aromatic rings. The molecule has 0 amide bonds. The van der Waals surface area contributed by atoms with Gasteiger partial charge in [-0.3, -0.25) is 0 Å². The molecule has 0 aliphatic rings. The maximum Gasteiger partial charge on any atom is 0.339 e. The number of carbonyl (C=O) groups is 1. The summed E-state index contributed by atoms with van der Waals surface area (Å²) in [4.78, 5) is 22.0. The molecule has 3 aromatic heterocycles. The number of carbonyl (C=O) groups excluding carboxylic acids is 1. The lowest BCUT2D eigenvalue weighted by molar-refractivity contribution is 0.0464. The fraction of sp³-hybridized carbons (Fsp3) is 0.158. The minimum Gasteiger partial charge on any atom is -0.462 e. The molecule has 0 radical (unpaired) electrons. The average molecular weight is 413 g/mol. The molecular weight excluding hydrogens is 398 g/mol. The number of aromatic nitrogens is 3. The van der Waals surface area contributed by atoms with Crippen LogP contribution in [0, 0.1) is 6.92 Å². The van der Waals surface area contributed by atoms with Crippen molar-refractivity contribution >= 4 is 29.1 Å². The second-order valence-electron chi connectivity index (χ2n) is 5.72. The van der Waals surface area contributed by atoms with Gasteiger partial charge in [0.2, 0.25) is 5.89 Å². The molecule has 0 spiro atoms. The van der Waals surface area contributed by atoms with Gasteiger partial charge in [0.1, 0.15) is 6.61 Å². The summed E-state index contributed by atoms with van der Waals surface area (Å²) in [7, 11) is 0. The highest BCUT2D eigenvalue weighted by molar-refractivity contribution is 7.98. The number of furan rings is 1. The van der Waals surface area contributed by atoms with Gasteiger partial charge in [0.25, 0.3) is 0 Å². The Hall–Kier alpha value is -2.91. The quantitative estimate of drug-likeness (QED) is 0.317. The average Bonchev–Trinajstić information content (AvgIpc) is 3.46. The Bertz CT molecular complexity index is 1070. The molecule has 0 aliphatic heterocycles. The van der Waals surface area contributed by atoms with Crippen LogP contribution in [0.15, 0.2) is 61.9 Å². The van der Waals surface area contributed by atoms with Gasteiger partial charge in [0.15, 0.2) is 16.6 Å². The van der Waals surface area contributed by atoms with E-state index in [1.54, 1.807) is 31.4 Å². The molecule has 0 N–H and O–H groups in total. The number of ether oxygens (including phenoxy) is 1. The molecular formula is C19H15N3O4S2. The molecule has 0 bridgehead atoms. The summed E-state index contributed by atoms with van der Waals surface area (Å²) >= 11 is 2.88. The van der Waals surface area contributed by atoms with E-state index in [1.165, 1.54) is 23.1 Å². The zero-order valence-corrected chi connectivity index (χ0v) is 16.5. The van der Waals surface area contributed by atoms with Crippen LogP contribution < -0.4 is 0 Å². The van der Waals surface area contributed by atoms with Gasteiger partial charge in [-0.2, -0.15) is 4.98 Å². The molecule has 3 heterocycles. The van der Waals surface area contributed by atoms with Crippen molar-refractivity contribution in [3.8, 4) is 10.8 Å². The topological polar surface area (TPSA) is 91.2 Å². The van der Waals surface area contributed by atoms with E-state index in [2.05, 4.69) is 15.1 Å². The highest BCUT2D eigenvalue weighted by atomic mass is 32.2. The third-order valence-electron chi connectivity index (χ3n) is 3.66. The van der Waals surface area contributed by atoms with E-state index >= 15 is 0 Å². The number of benzene rings is 1. The third kappa shape index (κ3) is 4.32. The first-order valence-corrected chi connectivity index (χ1v) is 10.2. The Labute approximate surface area is 168 Å². The van der Waals surface area contributed by atoms with Crippen molar-refractivity contribution in [2.75, 3.05) is 0 Å². The van der Waals surface area contributed by atoms with E-state index in [9.17, 15) is 4.79 Å². The smallest absolute Gasteiger partial charge is 0.339 e. The number of rotatable bonds is 7. The molecule has 9 heteroatoms. The van der Waals surface area contributed by atoms with E-state index in [-0.39, 0.29) is 6.61 Å². The Morgan fingerprint density at radius 1 is 1.21 bits per heavy atom. The summed E-state index contributed by atoms with van der Waals surface area (Å²) in [5.41, 5.74) is 1.17. The molecule has 4 rings (SSSR count). The van der Waals surface area contributed by atoms with Crippen LogP contribution in [0.5, 0.6) is 0 Å². The Morgan fingerprint density at radius 2 is 2.11 bits per heavy atom. The van der Waals surface area contributed by atoms with E-state index in [0.29, 0.717) is 34.5 Å². The number of esters is 1. The van der Waals surface area contributed by atoms with Gasteiger partial charge >= 0.3 is 5.97 Å². The van der Waals surface area contributed by atoms with Crippen molar-refractivity contribution < 1.29 is 18.5 Å². The van der Waals surface area contributed by atoms with Gasteiger partial charge in [-0.1, -0.05) is 17.3 Å². The highest BCUT2D eigenvalue weighted by Gasteiger charge is 2.15. The summed E-state index contributed by atoms with van der Waals surface area (Å²) in [5.74, 6) is 1.86. The van der Waals surface area contributed by atoms with E-state index in [0.717, 1.165) is 9.90 Å². The molecule has 0 fully saturated rings. The van der Waals surface area contributed by atoms with Crippen LogP contribution in [0.25, 0.3) is 10.8 Å². The van der Waals surface area contributed by atoms with Crippen molar-refractivity contribution in [2.45, 2.75) is 24.2 Å². The fourth-order valence-electron chi connectivity index (χ4n) is 2.40. The monoisotopic (exact) mass is 413 g/mol. The fourth-order valence-corrected chi connectivity index (χ4v) is 4.05. The van der Waals surface area contributed by atoms with Crippen LogP contribution in [-0.2, 0) is 17.1 Å². The molecule has 1 aromatic carbocycles. The van der Waals surface area contributed by atoms with Gasteiger partial charge in [-0.15, -0.1) is 23.1 Å². The van der Waals surface area contributed by atoms with Crippen LogP contribution in [0.1, 0.15) is 27.8 Å². The summed E-state index contributed by atoms with van der Waals surface area (Å²) in [6.07, 6.45) is 1.60. The van der Waals surface area contributed by atoms with Gasteiger partial charge in [-0.25, -0.2) is 9.78 Å². The van der Waals surface area contributed by atoms with Crippen molar-refractivity contribution in [1.29, 1.82) is 0 Å². The van der Waals surface area contributed by atoms with Crippen LogP contribution >= 0.6 is 23.1 Å². The second-order valence-corrected chi connectivity index (χ2v) is 7.59. The molecule has 0 atom stereocenters. The predicted octanol–water partition coefficient (Wildman–Crippen LogP) is 4.74. The van der Waals surface area contributed by atoms with Crippen LogP contribution in [0.4, 0.5) is 0 Å². The number of thiazole rings is 1. The van der Waals surface area contributed by atoms with Crippen molar-refractivity contribution in [1.82, 2.24) is 15.1 Å². The number of nitrogens with zero attached hydrogens (tertiary/aromatic N) is 3. The van der Waals surface area contributed by atoms with E-state index in [1.807, 2.05) is 23.6 Å². The first-order chi connectivity index (χ1) is 13.7. The molecule has 0 unspecified atom stereocenters. The van der Waals surface area contributed by atoms with Crippen molar-refractivity contribution in [3.05, 3.63) is 71.0 Å². The van der Waals surface area contributed by atoms with Crippen molar-refractivity contribution in [2.24, 2.45) is 0 Å². The van der Waals surface area contributed by atoms with Gasteiger partial charge in [-0.05, 0) is 31.2 Å². The molecule has 0 saturated carbocycles. The van der Waals surface area contributed by atoms with Gasteiger partial charge in [0.05, 0.1) is 23.3 Å². The maximum atomic E-state index is 12.6. The molecule has 0 saturated heterocycles. The Balaban J connectivity index is 1.39. The maximum absolute atomic E-state index is 12.6. The first kappa shape index (κ1) is 18.5. The SMILES string of the molecule is Cc1noc(CSc2ccccc2C(=O)OCc2csc(-c3ccco3)n2)n1. The number of thioether (sulfide) groups is 1. The van der Waals surface area contributed by atoms with Crippen LogP contribution in [-0.4, -0.2) is 21.1 Å². The van der Waals surface area contributed by atoms with Gasteiger partial charge in [0, 0.05) is 10.3 Å². The summed E-state index contributed by atoms with van der Waals surface area (Å²) in [5, 5.41) is 6.37. The Morgan fingerprint density at radius 3 is 2.89 bits per heavy atom. The van der Waals surface area contributed by atoms with E-state index in [4.69, 9.17) is 13.7 Å². The number of hydrogen-bond donors (Lipinski definition) is 0.